The highest BCUT2D eigenvalue weighted by Crippen LogP contribution is 2.34. The molecule has 0 aliphatic carbocycles. The van der Waals surface area contributed by atoms with Gasteiger partial charge in [-0.3, -0.25) is 4.79 Å². The van der Waals surface area contributed by atoms with E-state index in [-0.39, 0.29) is 41.8 Å². The molecule has 0 aliphatic heterocycles. The molecule has 2 amide bonds. The first-order valence-electron chi connectivity index (χ1n) is 14.5. The Labute approximate surface area is 292 Å². The average molecular weight is 738 g/mol. The summed E-state index contributed by atoms with van der Waals surface area (Å²) in [5, 5.41) is 3.47. The Morgan fingerprint density at radius 3 is 2.11 bits per heavy atom. The maximum absolute atomic E-state index is 13.7. The molecule has 1 N–H and O–H groups in total. The number of nitrogens with one attached hydrogen (secondary N) is 1. The van der Waals surface area contributed by atoms with Gasteiger partial charge in [0, 0.05) is 13.1 Å². The summed E-state index contributed by atoms with van der Waals surface area (Å²) >= 11 is 24.7. The number of hydrogen-bond donors (Lipinski definition) is 1. The first-order chi connectivity index (χ1) is 21.9. The quantitative estimate of drug-likeness (QED) is 0.177. The number of carbonyl (C=O) groups excluding carboxylic acids is 2. The smallest absolute Gasteiger partial charge is 0.407 e. The van der Waals surface area contributed by atoms with E-state index >= 15 is 0 Å². The number of alkyl carbamates (subject to hydrolysis) is 1. The third kappa shape index (κ3) is 12.8. The summed E-state index contributed by atoms with van der Waals surface area (Å²) in [4.78, 5) is 26.8. The summed E-state index contributed by atoms with van der Waals surface area (Å²) in [6, 6.07) is 14.7. The highest BCUT2D eigenvalue weighted by atomic mass is 35.5. The number of nitrogens with zero attached hydrogens (tertiary/aromatic N) is 1. The lowest BCUT2D eigenvalue weighted by Crippen LogP contribution is -2.46. The molecule has 256 valence electrons. The van der Waals surface area contributed by atoms with Gasteiger partial charge in [-0.1, -0.05) is 70.7 Å². The minimum atomic E-state index is -4.71. The molecule has 3 rings (SSSR count). The van der Waals surface area contributed by atoms with Crippen LogP contribution < -0.4 is 14.8 Å². The standard InChI is InChI=1S/C33H35Cl4F3N2O5/c1-20-14-26(35)29(27(36)15-20)46-13-12-45-24-10-8-21(9-11-24)16-23(17-41-31(44)47-32(2,3)4)30(43)42(19-33(38,39)40)18-22-6-5-7-25(34)28(22)37/h5-11,14-15,23H,12-13,16-19H2,1-4H3,(H,41,44). The Kier molecular flexibility index (Phi) is 13.8. The summed E-state index contributed by atoms with van der Waals surface area (Å²) in [6.45, 7) is 4.90. The Balaban J connectivity index is 1.74. The van der Waals surface area contributed by atoms with Gasteiger partial charge >= 0.3 is 12.3 Å². The third-order valence-corrected chi connectivity index (χ3v) is 7.88. The second kappa shape index (κ2) is 16.9. The summed E-state index contributed by atoms with van der Waals surface area (Å²) in [5.41, 5.74) is 0.929. The molecule has 0 saturated carbocycles. The van der Waals surface area contributed by atoms with Gasteiger partial charge in [-0.2, -0.15) is 13.2 Å². The van der Waals surface area contributed by atoms with Crippen LogP contribution in [0.2, 0.25) is 20.1 Å². The molecule has 14 heteroatoms. The Bertz CT molecular complexity index is 1510. The van der Waals surface area contributed by atoms with E-state index in [1.165, 1.54) is 18.2 Å². The third-order valence-electron chi connectivity index (χ3n) is 6.46. The van der Waals surface area contributed by atoms with Gasteiger partial charge in [0.25, 0.3) is 0 Å². The topological polar surface area (TPSA) is 77.1 Å². The molecule has 0 radical (unpaired) electrons. The van der Waals surface area contributed by atoms with E-state index < -0.39 is 42.8 Å². The first-order valence-corrected chi connectivity index (χ1v) is 16.0. The molecule has 0 saturated heterocycles. The monoisotopic (exact) mass is 736 g/mol. The minimum absolute atomic E-state index is 0.0000789. The lowest BCUT2D eigenvalue weighted by Gasteiger charge is -2.29. The van der Waals surface area contributed by atoms with Crippen molar-refractivity contribution in [3.8, 4) is 11.5 Å². The molecule has 1 atom stereocenters. The predicted octanol–water partition coefficient (Wildman–Crippen LogP) is 9.34. The molecule has 0 aliphatic rings. The number of amides is 2. The summed E-state index contributed by atoms with van der Waals surface area (Å²) in [5.74, 6) is -1.10. The molecular weight excluding hydrogens is 703 g/mol. The van der Waals surface area contributed by atoms with Gasteiger partial charge in [-0.05, 0) is 81.1 Å². The van der Waals surface area contributed by atoms with Crippen LogP contribution in [0.4, 0.5) is 18.0 Å². The first kappa shape index (κ1) is 38.4. The van der Waals surface area contributed by atoms with Gasteiger partial charge in [0.1, 0.15) is 31.1 Å². The van der Waals surface area contributed by atoms with Gasteiger partial charge in [0.2, 0.25) is 5.91 Å². The predicted molar refractivity (Wildman–Crippen MR) is 178 cm³/mol. The van der Waals surface area contributed by atoms with Crippen molar-refractivity contribution in [2.24, 2.45) is 5.92 Å². The van der Waals surface area contributed by atoms with Crippen molar-refractivity contribution in [3.63, 3.8) is 0 Å². The molecule has 0 spiro atoms. The van der Waals surface area contributed by atoms with E-state index in [0.29, 0.717) is 32.0 Å². The maximum atomic E-state index is 13.7. The van der Waals surface area contributed by atoms with Crippen molar-refractivity contribution in [2.75, 3.05) is 26.3 Å². The van der Waals surface area contributed by atoms with E-state index in [2.05, 4.69) is 5.32 Å². The van der Waals surface area contributed by atoms with Crippen LogP contribution >= 0.6 is 46.4 Å². The van der Waals surface area contributed by atoms with Crippen LogP contribution in [0, 0.1) is 12.8 Å². The van der Waals surface area contributed by atoms with Crippen LogP contribution in [-0.4, -0.2) is 55.0 Å². The molecule has 0 bridgehead atoms. The van der Waals surface area contributed by atoms with Crippen LogP contribution in [-0.2, 0) is 22.5 Å². The number of halogens is 7. The van der Waals surface area contributed by atoms with E-state index in [0.717, 1.165) is 5.56 Å². The molecule has 1 unspecified atom stereocenters. The lowest BCUT2D eigenvalue weighted by molar-refractivity contribution is -0.165. The average Bonchev–Trinajstić information content (AvgIpc) is 2.95. The molecule has 47 heavy (non-hydrogen) atoms. The number of alkyl halides is 3. The highest BCUT2D eigenvalue weighted by Gasteiger charge is 2.36. The Morgan fingerprint density at radius 1 is 0.894 bits per heavy atom. The second-order valence-corrected chi connectivity index (χ2v) is 13.3. The zero-order chi connectivity index (χ0) is 34.9. The summed E-state index contributed by atoms with van der Waals surface area (Å²) in [6.07, 6.45) is -5.52. The highest BCUT2D eigenvalue weighted by molar-refractivity contribution is 6.42. The molecule has 0 fully saturated rings. The van der Waals surface area contributed by atoms with Gasteiger partial charge < -0.3 is 24.4 Å². The minimum Gasteiger partial charge on any atom is -0.490 e. The zero-order valence-electron chi connectivity index (χ0n) is 26.2. The van der Waals surface area contributed by atoms with E-state index in [4.69, 9.17) is 60.6 Å². The van der Waals surface area contributed by atoms with E-state index in [1.54, 1.807) is 57.2 Å². The van der Waals surface area contributed by atoms with Gasteiger partial charge in [-0.15, -0.1) is 0 Å². The van der Waals surface area contributed by atoms with Crippen molar-refractivity contribution in [3.05, 3.63) is 91.4 Å². The Morgan fingerprint density at radius 2 is 1.51 bits per heavy atom. The van der Waals surface area contributed by atoms with E-state index in [1.807, 2.05) is 6.92 Å². The number of rotatable bonds is 13. The number of aryl methyl sites for hydroxylation is 1. The van der Waals surface area contributed by atoms with Crippen LogP contribution in [0.25, 0.3) is 0 Å². The fourth-order valence-electron chi connectivity index (χ4n) is 4.46. The molecule has 3 aromatic rings. The number of carbonyl (C=O) groups is 2. The van der Waals surface area contributed by atoms with Crippen LogP contribution in [0.3, 0.4) is 0 Å². The molecule has 0 heterocycles. The van der Waals surface area contributed by atoms with Crippen LogP contribution in [0.5, 0.6) is 11.5 Å². The maximum Gasteiger partial charge on any atom is 0.407 e. The van der Waals surface area contributed by atoms with Crippen molar-refractivity contribution in [1.82, 2.24) is 10.2 Å². The van der Waals surface area contributed by atoms with Gasteiger partial charge in [0.15, 0.2) is 5.75 Å². The van der Waals surface area contributed by atoms with Gasteiger partial charge in [-0.25, -0.2) is 4.79 Å². The Hall–Kier alpha value is -3.05. The van der Waals surface area contributed by atoms with Crippen molar-refractivity contribution < 1.29 is 37.0 Å². The summed E-state index contributed by atoms with van der Waals surface area (Å²) in [7, 11) is 0. The number of ether oxygens (including phenoxy) is 3. The lowest BCUT2D eigenvalue weighted by atomic mass is 9.97. The second-order valence-electron chi connectivity index (χ2n) is 11.7. The molecule has 7 nitrogen and oxygen atoms in total. The van der Waals surface area contributed by atoms with E-state index in [9.17, 15) is 22.8 Å². The fourth-order valence-corrected chi connectivity index (χ4v) is 5.55. The SMILES string of the molecule is Cc1cc(Cl)c(OCCOc2ccc(CC(CNC(=O)OC(C)(C)C)C(=O)N(Cc3cccc(Cl)c3Cl)CC(F)(F)F)cc2)c(Cl)c1. The zero-order valence-corrected chi connectivity index (χ0v) is 29.2. The summed E-state index contributed by atoms with van der Waals surface area (Å²) < 4.78 is 57.7. The normalized spacial score (nSPS) is 12.3. The van der Waals surface area contributed by atoms with Crippen molar-refractivity contribution >= 4 is 58.4 Å². The molecule has 0 aromatic heterocycles. The fraction of sp³-hybridized carbons (Fsp3) is 0.394. The van der Waals surface area contributed by atoms with Crippen molar-refractivity contribution in [1.29, 1.82) is 0 Å². The molecule has 3 aromatic carbocycles. The molecular formula is C33H35Cl4F3N2O5. The number of benzene rings is 3. The van der Waals surface area contributed by atoms with Gasteiger partial charge in [0.05, 0.1) is 26.0 Å². The van der Waals surface area contributed by atoms with Crippen LogP contribution in [0.15, 0.2) is 54.6 Å². The number of hydrogen-bond acceptors (Lipinski definition) is 5. The largest absolute Gasteiger partial charge is 0.490 e. The van der Waals surface area contributed by atoms with Crippen molar-refractivity contribution in [2.45, 2.75) is 52.4 Å². The van der Waals surface area contributed by atoms with Crippen LogP contribution in [0.1, 0.15) is 37.5 Å².